The first-order chi connectivity index (χ1) is 4.30. The molecule has 1 rings (SSSR count). The monoisotopic (exact) mass is 122 g/mol. The first-order valence-electron chi connectivity index (χ1n) is 2.62. The van der Waals surface area contributed by atoms with Gasteiger partial charge in [0.05, 0.1) is 0 Å². The molecule has 0 aliphatic rings. The molecule has 1 heterocycles. The molecule has 1 aromatic heterocycles. The van der Waals surface area contributed by atoms with Crippen molar-refractivity contribution in [2.75, 3.05) is 11.9 Å². The van der Waals surface area contributed by atoms with Gasteiger partial charge in [0.15, 0.2) is 0 Å². The average molecular weight is 122 g/mol. The molecule has 0 saturated carbocycles. The molecule has 0 aliphatic heterocycles. The van der Waals surface area contributed by atoms with Gasteiger partial charge in [-0.2, -0.15) is 0 Å². The van der Waals surface area contributed by atoms with E-state index >= 15 is 0 Å². The molecule has 0 amide bonds. The smallest absolute Gasteiger partial charge is 0.225 e. The molecular formula is C6H8N3. The van der Waals surface area contributed by atoms with Crippen LogP contribution in [0.4, 0.5) is 5.95 Å². The van der Waals surface area contributed by atoms with Crippen LogP contribution in [0.2, 0.25) is 0 Å². The number of rotatable bonds is 1. The number of aromatic nitrogens is 2. The van der Waals surface area contributed by atoms with E-state index in [4.69, 9.17) is 0 Å². The molecule has 1 aromatic rings. The van der Waals surface area contributed by atoms with Crippen LogP contribution in [0.15, 0.2) is 18.5 Å². The third kappa shape index (κ3) is 1.38. The molecule has 0 bridgehead atoms. The number of hydrogen-bond donors (Lipinski definition) is 0. The highest BCUT2D eigenvalue weighted by Gasteiger charge is 1.92. The minimum atomic E-state index is 0.637. The highest BCUT2D eigenvalue weighted by Crippen LogP contribution is 1.97. The SMILES string of the molecule is [CH2]N(C)c1ncccn1. The Balaban J connectivity index is 2.85. The summed E-state index contributed by atoms with van der Waals surface area (Å²) in [5.41, 5.74) is 0. The Bertz CT molecular complexity index is 171. The molecular weight excluding hydrogens is 114 g/mol. The van der Waals surface area contributed by atoms with E-state index in [2.05, 4.69) is 17.0 Å². The fourth-order valence-corrected chi connectivity index (χ4v) is 0.488. The van der Waals surface area contributed by atoms with Crippen molar-refractivity contribution >= 4 is 5.95 Å². The van der Waals surface area contributed by atoms with Gasteiger partial charge in [0.1, 0.15) is 0 Å². The molecule has 3 heteroatoms. The summed E-state index contributed by atoms with van der Waals surface area (Å²) in [6.07, 6.45) is 3.37. The van der Waals surface area contributed by atoms with Crippen LogP contribution in [0, 0.1) is 7.05 Å². The molecule has 0 spiro atoms. The molecule has 0 unspecified atom stereocenters. The minimum Gasteiger partial charge on any atom is -0.342 e. The van der Waals surface area contributed by atoms with Crippen molar-refractivity contribution in [3.8, 4) is 0 Å². The molecule has 47 valence electrons. The lowest BCUT2D eigenvalue weighted by Crippen LogP contribution is -2.08. The summed E-state index contributed by atoms with van der Waals surface area (Å²) in [6, 6.07) is 1.77. The van der Waals surface area contributed by atoms with Gasteiger partial charge in [0.25, 0.3) is 0 Å². The van der Waals surface area contributed by atoms with Gasteiger partial charge in [-0.1, -0.05) is 0 Å². The van der Waals surface area contributed by atoms with Crippen LogP contribution in [-0.2, 0) is 0 Å². The maximum absolute atomic E-state index is 3.93. The Morgan fingerprint density at radius 1 is 1.44 bits per heavy atom. The van der Waals surface area contributed by atoms with Crippen LogP contribution in [0.3, 0.4) is 0 Å². The van der Waals surface area contributed by atoms with Gasteiger partial charge in [-0.05, 0) is 6.07 Å². The fourth-order valence-electron chi connectivity index (χ4n) is 0.488. The molecule has 1 radical (unpaired) electrons. The number of anilines is 1. The van der Waals surface area contributed by atoms with Crippen LogP contribution in [0.5, 0.6) is 0 Å². The fraction of sp³-hybridized carbons (Fsp3) is 0.167. The van der Waals surface area contributed by atoms with Crippen molar-refractivity contribution < 1.29 is 0 Å². The van der Waals surface area contributed by atoms with Gasteiger partial charge in [-0.15, -0.1) is 0 Å². The molecule has 0 fully saturated rings. The maximum Gasteiger partial charge on any atom is 0.225 e. The van der Waals surface area contributed by atoms with Gasteiger partial charge in [-0.25, -0.2) is 9.97 Å². The van der Waals surface area contributed by atoms with E-state index in [1.807, 2.05) is 0 Å². The standard InChI is InChI=1S/C6H8N3/c1-9(2)6-7-4-3-5-8-6/h3-5H,1H2,2H3. The van der Waals surface area contributed by atoms with Gasteiger partial charge in [0.2, 0.25) is 5.95 Å². The zero-order valence-corrected chi connectivity index (χ0v) is 5.28. The van der Waals surface area contributed by atoms with Gasteiger partial charge >= 0.3 is 0 Å². The Morgan fingerprint density at radius 2 is 2.00 bits per heavy atom. The van der Waals surface area contributed by atoms with E-state index in [9.17, 15) is 0 Å². The van der Waals surface area contributed by atoms with Crippen molar-refractivity contribution in [1.82, 2.24) is 9.97 Å². The van der Waals surface area contributed by atoms with Gasteiger partial charge in [-0.3, -0.25) is 0 Å². The van der Waals surface area contributed by atoms with E-state index in [1.54, 1.807) is 30.4 Å². The molecule has 0 atom stereocenters. The van der Waals surface area contributed by atoms with Crippen LogP contribution in [0.25, 0.3) is 0 Å². The third-order valence-electron chi connectivity index (χ3n) is 0.894. The predicted molar refractivity (Wildman–Crippen MR) is 35.8 cm³/mol. The normalized spacial score (nSPS) is 9.11. The second kappa shape index (κ2) is 2.44. The number of nitrogens with zero attached hydrogens (tertiary/aromatic N) is 3. The zero-order chi connectivity index (χ0) is 6.69. The quantitative estimate of drug-likeness (QED) is 0.549. The molecule has 0 saturated heterocycles. The Hall–Kier alpha value is -1.12. The Labute approximate surface area is 54.4 Å². The van der Waals surface area contributed by atoms with Crippen molar-refractivity contribution in [3.63, 3.8) is 0 Å². The van der Waals surface area contributed by atoms with Crippen molar-refractivity contribution in [1.29, 1.82) is 0 Å². The van der Waals surface area contributed by atoms with Crippen LogP contribution in [-0.4, -0.2) is 17.0 Å². The van der Waals surface area contributed by atoms with Crippen molar-refractivity contribution in [2.45, 2.75) is 0 Å². The number of hydrogen-bond acceptors (Lipinski definition) is 3. The minimum absolute atomic E-state index is 0.637. The predicted octanol–water partition coefficient (Wildman–Crippen LogP) is 0.704. The lowest BCUT2D eigenvalue weighted by atomic mass is 10.7. The summed E-state index contributed by atoms with van der Waals surface area (Å²) in [4.78, 5) is 9.47. The average Bonchev–Trinajstić information content (AvgIpc) is 1.90. The first-order valence-corrected chi connectivity index (χ1v) is 2.62. The molecule has 9 heavy (non-hydrogen) atoms. The van der Waals surface area contributed by atoms with E-state index in [0.717, 1.165) is 0 Å². The first kappa shape index (κ1) is 6.01. The molecule has 0 aliphatic carbocycles. The summed E-state index contributed by atoms with van der Waals surface area (Å²) >= 11 is 0. The van der Waals surface area contributed by atoms with Crippen molar-refractivity contribution in [2.24, 2.45) is 0 Å². The lowest BCUT2D eigenvalue weighted by Gasteiger charge is -2.06. The van der Waals surface area contributed by atoms with Gasteiger partial charge in [0, 0.05) is 26.5 Å². The Kier molecular flexibility index (Phi) is 1.63. The van der Waals surface area contributed by atoms with Crippen LogP contribution in [0.1, 0.15) is 0 Å². The molecule has 0 aromatic carbocycles. The van der Waals surface area contributed by atoms with Gasteiger partial charge < -0.3 is 4.90 Å². The lowest BCUT2D eigenvalue weighted by molar-refractivity contribution is 1.04. The topological polar surface area (TPSA) is 29.0 Å². The highest BCUT2D eigenvalue weighted by atomic mass is 15.2. The largest absolute Gasteiger partial charge is 0.342 e. The summed E-state index contributed by atoms with van der Waals surface area (Å²) in [5.74, 6) is 0.637. The van der Waals surface area contributed by atoms with E-state index < -0.39 is 0 Å². The van der Waals surface area contributed by atoms with E-state index in [1.165, 1.54) is 0 Å². The molecule has 0 N–H and O–H groups in total. The van der Waals surface area contributed by atoms with Crippen LogP contribution >= 0.6 is 0 Å². The maximum atomic E-state index is 3.93. The highest BCUT2D eigenvalue weighted by molar-refractivity contribution is 5.26. The van der Waals surface area contributed by atoms with Crippen LogP contribution < -0.4 is 4.90 Å². The summed E-state index contributed by atoms with van der Waals surface area (Å²) in [6.45, 7) is 0. The second-order valence-corrected chi connectivity index (χ2v) is 1.75. The van der Waals surface area contributed by atoms with E-state index in [0.29, 0.717) is 5.95 Å². The summed E-state index contributed by atoms with van der Waals surface area (Å²) < 4.78 is 0. The Morgan fingerprint density at radius 3 is 2.33 bits per heavy atom. The van der Waals surface area contributed by atoms with Crippen molar-refractivity contribution in [3.05, 3.63) is 25.5 Å². The zero-order valence-electron chi connectivity index (χ0n) is 5.28. The summed E-state index contributed by atoms with van der Waals surface area (Å²) in [5, 5.41) is 0. The third-order valence-corrected chi connectivity index (χ3v) is 0.894. The second-order valence-electron chi connectivity index (χ2n) is 1.75. The summed E-state index contributed by atoms with van der Waals surface area (Å²) in [7, 11) is 5.42. The van der Waals surface area contributed by atoms with E-state index in [-0.39, 0.29) is 0 Å². The molecule has 3 nitrogen and oxygen atoms in total.